The Balaban J connectivity index is -0.000000220. The van der Waals surface area contributed by atoms with Crippen molar-refractivity contribution < 1.29 is 50.7 Å². The molecule has 0 fully saturated rings. The normalized spacial score (nSPS) is 11.5. The van der Waals surface area contributed by atoms with Gasteiger partial charge in [-0.2, -0.15) is 0 Å². The lowest BCUT2D eigenvalue weighted by Crippen LogP contribution is -3.00. The van der Waals surface area contributed by atoms with Gasteiger partial charge in [-0.15, -0.1) is 0 Å². The maximum Gasteiger partial charge on any atom is 0.0780 e. The minimum absolute atomic E-state index is 0. The fourth-order valence-corrected chi connectivity index (χ4v) is 9.76. The van der Waals surface area contributed by atoms with E-state index in [0.29, 0.717) is 0 Å². The summed E-state index contributed by atoms with van der Waals surface area (Å²) in [5.41, 5.74) is 0. The second-order valence-electron chi connectivity index (χ2n) is 25.7. The number of hydrogen-bond acceptors (Lipinski definition) is 0. The van der Waals surface area contributed by atoms with Crippen LogP contribution >= 0.6 is 0 Å². The van der Waals surface area contributed by atoms with E-state index in [0.717, 1.165) is 13.4 Å². The fraction of sp³-hybridized carbons (Fsp3) is 1.00. The van der Waals surface area contributed by atoms with Gasteiger partial charge in [0.2, 0.25) is 0 Å². The number of hydrogen-bond donors (Lipinski definition) is 0. The van der Waals surface area contributed by atoms with Crippen LogP contribution in [0.1, 0.15) is 342 Å². The van der Waals surface area contributed by atoms with Crippen molar-refractivity contribution in [3.63, 3.8) is 0 Å². The minimum Gasteiger partial charge on any atom is -1.00 e. The third-order valence-electron chi connectivity index (χ3n) is 14.5. The summed E-state index contributed by atoms with van der Waals surface area (Å²) in [6.45, 7) is 10.9. The number of unbranched alkanes of at least 4 members (excludes halogenated alkanes) is 47. The summed E-state index contributed by atoms with van der Waals surface area (Å²) in [7, 11) is 20.7. The summed E-state index contributed by atoms with van der Waals surface area (Å²) in [4.78, 5) is 0. The van der Waals surface area contributed by atoms with Crippen molar-refractivity contribution in [1.82, 2.24) is 0 Å². The van der Waals surface area contributed by atoms with E-state index in [1.807, 2.05) is 0 Å². The molecule has 0 aliphatic carbocycles. The molecule has 0 aliphatic rings. The van der Waals surface area contributed by atoms with Crippen LogP contribution in [0.3, 0.4) is 0 Å². The molecule has 0 aliphatic heterocycles. The van der Waals surface area contributed by atoms with E-state index >= 15 is 0 Å². The van der Waals surface area contributed by atoms with Crippen molar-refractivity contribution in [2.75, 3.05) is 83.1 Å². The Hall–Kier alpha value is 0.750. The average Bonchev–Trinajstić information content (AvgIpc) is 3.27. The van der Waals surface area contributed by atoms with Crippen molar-refractivity contribution in [2.45, 2.75) is 342 Å². The predicted octanol–water partition coefficient (Wildman–Crippen LogP) is 12.7. The highest BCUT2D eigenvalue weighted by Gasteiger charge is 2.07. The van der Waals surface area contributed by atoms with Gasteiger partial charge in [0.05, 0.1) is 83.1 Å². The van der Waals surface area contributed by atoms with Crippen LogP contribution in [0, 0.1) is 0 Å². The minimum atomic E-state index is 0. The molecule has 0 rings (SSSR count). The van der Waals surface area contributed by atoms with E-state index < -0.39 is 0 Å². The van der Waals surface area contributed by atoms with Crippen LogP contribution in [0.15, 0.2) is 0 Å². The van der Waals surface area contributed by atoms with Gasteiger partial charge in [0, 0.05) is 0 Å². The van der Waals surface area contributed by atoms with E-state index in [9.17, 15) is 0 Å². The zero-order valence-corrected chi connectivity index (χ0v) is 54.2. The Kier molecular flexibility index (Phi) is 78.2. The monoisotopic (exact) mass is 1070 g/mol. The lowest BCUT2D eigenvalue weighted by Gasteiger charge is -2.23. The highest BCUT2D eigenvalue weighted by atomic mass is 35.5. The number of rotatable bonds is 53. The molecule has 0 aromatic heterocycles. The molecule has 0 saturated carbocycles. The molecule has 0 amide bonds. The predicted molar refractivity (Wildman–Crippen MR) is 317 cm³/mol. The summed E-state index contributed by atoms with van der Waals surface area (Å²) in [5, 5.41) is 0. The fourth-order valence-electron chi connectivity index (χ4n) is 9.76. The molecule has 0 saturated heterocycles. The summed E-state index contributed by atoms with van der Waals surface area (Å²) < 4.78 is 3.37. The van der Waals surface area contributed by atoms with Crippen LogP contribution in [0.2, 0.25) is 0 Å². The largest absolute Gasteiger partial charge is 1.00 e. The van der Waals surface area contributed by atoms with Crippen LogP contribution < -0.4 is 37.2 Å². The first-order chi connectivity index (χ1) is 32.7. The van der Waals surface area contributed by atoms with Crippen molar-refractivity contribution in [1.29, 1.82) is 0 Å². The van der Waals surface area contributed by atoms with Gasteiger partial charge in [-0.1, -0.05) is 303 Å². The highest BCUT2D eigenvalue weighted by Crippen LogP contribution is 2.17. The van der Waals surface area contributed by atoms with E-state index in [-0.39, 0.29) is 37.2 Å². The second-order valence-corrected chi connectivity index (χ2v) is 25.7. The van der Waals surface area contributed by atoms with Crippen molar-refractivity contribution >= 4 is 0 Å². The second kappa shape index (κ2) is 66.9. The maximum atomic E-state index is 2.30. The summed E-state index contributed by atoms with van der Waals surface area (Å²) >= 11 is 0. The SMILES string of the molecule is CCCCCCCCCCCCCCCCCCCCCC[N+](C)(C)C.CCCCCCCCCCCCCCCCCC[N+](C)(C)C.CCCCCCCCCCCCCCCC[N+](C)(C)C.[Cl-].[Cl-].[Cl-]. The molecule has 0 bridgehead atoms. The highest BCUT2D eigenvalue weighted by molar-refractivity contribution is 4.53. The molecular weight excluding hydrogens is 929 g/mol. The molecule has 0 radical (unpaired) electrons. The molecule has 0 heterocycles. The van der Waals surface area contributed by atoms with Gasteiger partial charge in [0.15, 0.2) is 0 Å². The quantitative estimate of drug-likeness (QED) is 0.0421. The van der Waals surface area contributed by atoms with Gasteiger partial charge in [0.1, 0.15) is 0 Å². The Morgan fingerprint density at radius 2 is 0.225 bits per heavy atom. The molecule has 6 heteroatoms. The molecule has 0 aromatic rings. The van der Waals surface area contributed by atoms with E-state index in [4.69, 9.17) is 0 Å². The first-order valence-corrected chi connectivity index (χ1v) is 32.1. The molecular formula is C65H142Cl3N3. The summed E-state index contributed by atoms with van der Waals surface area (Å²) in [6.07, 6.45) is 73.1. The lowest BCUT2D eigenvalue weighted by molar-refractivity contribution is -0.870. The third-order valence-corrected chi connectivity index (χ3v) is 14.5. The summed E-state index contributed by atoms with van der Waals surface area (Å²) in [5.74, 6) is 0. The van der Waals surface area contributed by atoms with Crippen molar-refractivity contribution in [3.05, 3.63) is 0 Å². The van der Waals surface area contributed by atoms with Crippen LogP contribution in [-0.4, -0.2) is 96.5 Å². The van der Waals surface area contributed by atoms with Crippen LogP contribution in [0.4, 0.5) is 0 Å². The van der Waals surface area contributed by atoms with Crippen LogP contribution in [0.5, 0.6) is 0 Å². The van der Waals surface area contributed by atoms with Crippen molar-refractivity contribution in [3.8, 4) is 0 Å². The first-order valence-electron chi connectivity index (χ1n) is 32.1. The molecule has 0 unspecified atom stereocenters. The van der Waals surface area contributed by atoms with Crippen LogP contribution in [0.25, 0.3) is 0 Å². The van der Waals surface area contributed by atoms with Crippen LogP contribution in [-0.2, 0) is 0 Å². The van der Waals surface area contributed by atoms with E-state index in [1.165, 1.54) is 341 Å². The Labute approximate surface area is 472 Å². The van der Waals surface area contributed by atoms with Gasteiger partial charge in [0.25, 0.3) is 0 Å². The summed E-state index contributed by atoms with van der Waals surface area (Å²) in [6, 6.07) is 0. The van der Waals surface area contributed by atoms with Gasteiger partial charge >= 0.3 is 0 Å². The van der Waals surface area contributed by atoms with Gasteiger partial charge < -0.3 is 50.7 Å². The van der Waals surface area contributed by atoms with Gasteiger partial charge in [-0.25, -0.2) is 0 Å². The zero-order chi connectivity index (χ0) is 51.0. The van der Waals surface area contributed by atoms with Crippen molar-refractivity contribution in [2.24, 2.45) is 0 Å². The number of nitrogens with zero attached hydrogens (tertiary/aromatic N) is 3. The Morgan fingerprint density at radius 1 is 0.141 bits per heavy atom. The first kappa shape index (κ1) is 83.1. The standard InChI is InChI=1S/C25H54N.C21H46N.C19H42N.3ClH/c1-5-6-7-8-9-10-11-12-13-14-15-16-17-18-19-20-21-22-23-24-25-26(2,3)4;1-5-6-7-8-9-10-11-12-13-14-15-16-17-18-19-20-21-22(2,3)4;1-5-6-7-8-9-10-11-12-13-14-15-16-17-18-19-20(2,3)4;;;/h5-25H2,1-4H3;5-21H2,1-4H3;5-19H2,1-4H3;3*1H/q3*+1;;;/p-3. The smallest absolute Gasteiger partial charge is 0.0780 e. The topological polar surface area (TPSA) is 0 Å². The molecule has 71 heavy (non-hydrogen) atoms. The molecule has 0 aromatic carbocycles. The Bertz CT molecular complexity index is 880. The molecule has 438 valence electrons. The maximum absolute atomic E-state index is 2.30. The Morgan fingerprint density at radius 3 is 0.310 bits per heavy atom. The van der Waals surface area contributed by atoms with Gasteiger partial charge in [-0.3, -0.25) is 0 Å². The van der Waals surface area contributed by atoms with Gasteiger partial charge in [-0.05, 0) is 38.5 Å². The lowest BCUT2D eigenvalue weighted by atomic mass is 10.0. The zero-order valence-electron chi connectivity index (χ0n) is 52.0. The molecule has 0 N–H and O–H groups in total. The number of halogens is 3. The number of quaternary nitrogens is 3. The van der Waals surface area contributed by atoms with E-state index in [2.05, 4.69) is 84.2 Å². The molecule has 0 spiro atoms. The molecule has 0 atom stereocenters. The average molecular weight is 1070 g/mol. The third kappa shape index (κ3) is 93.7. The molecule has 3 nitrogen and oxygen atoms in total. The van der Waals surface area contributed by atoms with E-state index in [1.54, 1.807) is 0 Å².